The van der Waals surface area contributed by atoms with Crippen LogP contribution in [0.2, 0.25) is 0 Å². The lowest BCUT2D eigenvalue weighted by molar-refractivity contribution is -0.132. The van der Waals surface area contributed by atoms with Gasteiger partial charge in [0, 0.05) is 12.8 Å². The fourth-order valence-electron chi connectivity index (χ4n) is 3.12. The van der Waals surface area contributed by atoms with E-state index in [0.29, 0.717) is 19.3 Å². The molecule has 0 saturated heterocycles. The number of Topliss-reactive ketones (excluding diaryl/α,β-unsaturated/α-hetero) is 1. The van der Waals surface area contributed by atoms with Gasteiger partial charge >= 0.3 is 6.09 Å². The molecule has 1 fully saturated rings. The molecule has 0 unspecified atom stereocenters. The van der Waals surface area contributed by atoms with Crippen LogP contribution in [0.15, 0.2) is 30.3 Å². The summed E-state index contributed by atoms with van der Waals surface area (Å²) in [5, 5.41) is 14.1. The molecule has 1 saturated carbocycles. The number of nitrogens with two attached hydrogens (primary N) is 1. The molecule has 0 aromatic heterocycles. The maximum absolute atomic E-state index is 12.4. The second-order valence-corrected chi connectivity index (χ2v) is 6.72. The third-order valence-corrected chi connectivity index (χ3v) is 4.60. The van der Waals surface area contributed by atoms with Crippen LogP contribution in [0, 0.1) is 5.92 Å². The van der Waals surface area contributed by atoms with Crippen molar-refractivity contribution in [2.24, 2.45) is 11.7 Å². The summed E-state index contributed by atoms with van der Waals surface area (Å²) in [5.74, 6) is -1.93. The lowest BCUT2D eigenvalue weighted by Gasteiger charge is -2.29. The van der Waals surface area contributed by atoms with Crippen molar-refractivity contribution in [1.29, 1.82) is 0 Å². The van der Waals surface area contributed by atoms with Gasteiger partial charge in [0.05, 0.1) is 6.61 Å². The van der Waals surface area contributed by atoms with Crippen LogP contribution >= 0.6 is 0 Å². The SMILES string of the molecule is NC(=O)[C@@H](NC(=O)[C@H](CO)NC(=O)OCc1ccccc1)[C@H]1CCCC(=O)C1. The Morgan fingerprint density at radius 1 is 1.21 bits per heavy atom. The number of benzene rings is 1. The number of rotatable bonds is 8. The first-order valence-corrected chi connectivity index (χ1v) is 9.10. The fraction of sp³-hybridized carbons (Fsp3) is 0.474. The van der Waals surface area contributed by atoms with E-state index in [-0.39, 0.29) is 18.8 Å². The Bertz CT molecular complexity index is 709. The van der Waals surface area contributed by atoms with E-state index >= 15 is 0 Å². The van der Waals surface area contributed by atoms with Gasteiger partial charge in [0.1, 0.15) is 24.5 Å². The summed E-state index contributed by atoms with van der Waals surface area (Å²) >= 11 is 0. The zero-order valence-electron chi connectivity index (χ0n) is 15.4. The molecule has 9 heteroatoms. The highest BCUT2D eigenvalue weighted by molar-refractivity contribution is 5.91. The minimum atomic E-state index is -1.32. The number of alkyl carbamates (subject to hydrolysis) is 1. The highest BCUT2D eigenvalue weighted by atomic mass is 16.5. The van der Waals surface area contributed by atoms with Gasteiger partial charge in [-0.25, -0.2) is 4.79 Å². The maximum Gasteiger partial charge on any atom is 0.408 e. The third kappa shape index (κ3) is 6.34. The van der Waals surface area contributed by atoms with Gasteiger partial charge in [0.25, 0.3) is 0 Å². The van der Waals surface area contributed by atoms with Crippen molar-refractivity contribution >= 4 is 23.7 Å². The maximum atomic E-state index is 12.4. The lowest BCUT2D eigenvalue weighted by Crippen LogP contribution is -2.56. The highest BCUT2D eigenvalue weighted by Gasteiger charge is 2.34. The van der Waals surface area contributed by atoms with Crippen molar-refractivity contribution in [3.05, 3.63) is 35.9 Å². The molecule has 5 N–H and O–H groups in total. The first-order chi connectivity index (χ1) is 13.4. The molecular formula is C19H25N3O6. The monoisotopic (exact) mass is 391 g/mol. The number of ether oxygens (including phenoxy) is 1. The minimum Gasteiger partial charge on any atom is -0.445 e. The number of carbonyl (C=O) groups is 4. The standard InChI is InChI=1S/C19H25N3O6/c20-17(25)16(13-7-4-8-14(24)9-13)22-18(26)15(10-23)21-19(27)28-11-12-5-2-1-3-6-12/h1-3,5-6,13,15-16,23H,4,7-11H2,(H2,20,25)(H,21,27)(H,22,26)/t13-,15-,16-/m0/s1. The van der Waals surface area contributed by atoms with Crippen LogP contribution in [0.4, 0.5) is 4.79 Å². The highest BCUT2D eigenvalue weighted by Crippen LogP contribution is 2.24. The van der Waals surface area contributed by atoms with Gasteiger partial charge in [-0.15, -0.1) is 0 Å². The number of aliphatic hydroxyl groups is 1. The Morgan fingerprint density at radius 3 is 2.54 bits per heavy atom. The Hall–Kier alpha value is -2.94. The predicted molar refractivity (Wildman–Crippen MR) is 98.7 cm³/mol. The first-order valence-electron chi connectivity index (χ1n) is 9.10. The quantitative estimate of drug-likeness (QED) is 0.490. The molecule has 0 radical (unpaired) electrons. The van der Waals surface area contributed by atoms with Gasteiger partial charge < -0.3 is 26.2 Å². The van der Waals surface area contributed by atoms with Gasteiger partial charge in [0.15, 0.2) is 0 Å². The number of ketones is 1. The summed E-state index contributed by atoms with van der Waals surface area (Å²) in [7, 11) is 0. The molecule has 1 aromatic rings. The fourth-order valence-corrected chi connectivity index (χ4v) is 3.12. The zero-order chi connectivity index (χ0) is 20.5. The molecule has 1 aliphatic carbocycles. The van der Waals surface area contributed by atoms with Crippen LogP contribution in [0.5, 0.6) is 0 Å². The number of carbonyl (C=O) groups excluding carboxylic acids is 4. The van der Waals surface area contributed by atoms with Gasteiger partial charge in [-0.3, -0.25) is 14.4 Å². The molecule has 9 nitrogen and oxygen atoms in total. The normalized spacial score (nSPS) is 18.6. The van der Waals surface area contributed by atoms with E-state index in [9.17, 15) is 24.3 Å². The second-order valence-electron chi connectivity index (χ2n) is 6.72. The number of primary amides is 1. The number of hydrogen-bond acceptors (Lipinski definition) is 6. The van der Waals surface area contributed by atoms with Crippen LogP contribution in [-0.4, -0.2) is 47.5 Å². The summed E-state index contributed by atoms with van der Waals surface area (Å²) in [6.07, 6.45) is 0.919. The van der Waals surface area contributed by atoms with E-state index in [1.165, 1.54) is 0 Å². The predicted octanol–water partition coefficient (Wildman–Crippen LogP) is 0.00310. The summed E-state index contributed by atoms with van der Waals surface area (Å²) in [6, 6.07) is 6.59. The van der Waals surface area contributed by atoms with Crippen molar-refractivity contribution < 1.29 is 29.0 Å². The topological polar surface area (TPSA) is 148 Å². The third-order valence-electron chi connectivity index (χ3n) is 4.60. The van der Waals surface area contributed by atoms with Crippen molar-refractivity contribution in [2.75, 3.05) is 6.61 Å². The molecule has 0 bridgehead atoms. The molecule has 0 aliphatic heterocycles. The largest absolute Gasteiger partial charge is 0.445 e. The van der Waals surface area contributed by atoms with E-state index in [4.69, 9.17) is 10.5 Å². The van der Waals surface area contributed by atoms with E-state index < -0.39 is 42.5 Å². The minimum absolute atomic E-state index is 0.000533. The van der Waals surface area contributed by atoms with Crippen LogP contribution in [0.3, 0.4) is 0 Å². The molecule has 2 rings (SSSR count). The Labute approximate surface area is 162 Å². The number of amides is 3. The molecule has 0 heterocycles. The smallest absolute Gasteiger partial charge is 0.408 e. The van der Waals surface area contributed by atoms with Gasteiger partial charge in [0.2, 0.25) is 11.8 Å². The Morgan fingerprint density at radius 2 is 1.93 bits per heavy atom. The number of nitrogens with one attached hydrogen (secondary N) is 2. The molecule has 28 heavy (non-hydrogen) atoms. The summed E-state index contributed by atoms with van der Waals surface area (Å²) in [6.45, 7) is -0.693. The summed E-state index contributed by atoms with van der Waals surface area (Å²) in [4.78, 5) is 47.7. The van der Waals surface area contributed by atoms with E-state index in [1.807, 2.05) is 6.07 Å². The molecule has 152 valence electrons. The Kier molecular flexibility index (Phi) is 7.94. The second kappa shape index (κ2) is 10.4. The molecule has 1 aromatic carbocycles. The van der Waals surface area contributed by atoms with Crippen molar-refractivity contribution in [3.8, 4) is 0 Å². The average molecular weight is 391 g/mol. The first kappa shape index (κ1) is 21.4. The van der Waals surface area contributed by atoms with Crippen LogP contribution < -0.4 is 16.4 Å². The molecule has 1 aliphatic rings. The summed E-state index contributed by atoms with van der Waals surface area (Å²) < 4.78 is 5.02. The zero-order valence-corrected chi connectivity index (χ0v) is 15.4. The number of aliphatic hydroxyl groups excluding tert-OH is 1. The van der Waals surface area contributed by atoms with Crippen molar-refractivity contribution in [3.63, 3.8) is 0 Å². The average Bonchev–Trinajstić information content (AvgIpc) is 2.69. The van der Waals surface area contributed by atoms with Gasteiger partial charge in [-0.05, 0) is 24.3 Å². The van der Waals surface area contributed by atoms with Crippen LogP contribution in [-0.2, 0) is 25.7 Å². The van der Waals surface area contributed by atoms with E-state index in [0.717, 1.165) is 5.56 Å². The molecule has 3 atom stereocenters. The van der Waals surface area contributed by atoms with Crippen molar-refractivity contribution in [2.45, 2.75) is 44.4 Å². The molecular weight excluding hydrogens is 366 g/mol. The van der Waals surface area contributed by atoms with E-state index in [2.05, 4.69) is 10.6 Å². The van der Waals surface area contributed by atoms with Crippen LogP contribution in [0.25, 0.3) is 0 Å². The van der Waals surface area contributed by atoms with Gasteiger partial charge in [-0.2, -0.15) is 0 Å². The van der Waals surface area contributed by atoms with Crippen molar-refractivity contribution in [1.82, 2.24) is 10.6 Å². The Balaban J connectivity index is 1.90. The molecule has 0 spiro atoms. The van der Waals surface area contributed by atoms with Gasteiger partial charge in [-0.1, -0.05) is 30.3 Å². The molecule has 3 amide bonds. The summed E-state index contributed by atoms with van der Waals surface area (Å²) in [5.41, 5.74) is 6.14. The number of hydrogen-bond donors (Lipinski definition) is 4. The lowest BCUT2D eigenvalue weighted by atomic mass is 9.82. The van der Waals surface area contributed by atoms with Crippen LogP contribution in [0.1, 0.15) is 31.2 Å². The van der Waals surface area contributed by atoms with E-state index in [1.54, 1.807) is 24.3 Å².